The molecule has 244 valence electrons. The Kier molecular flexibility index (Phi) is 16.5. The van der Waals surface area contributed by atoms with E-state index in [0.29, 0.717) is 6.42 Å². The van der Waals surface area contributed by atoms with E-state index in [1.54, 1.807) is 19.2 Å². The number of nitrogens with zero attached hydrogens (tertiary/aromatic N) is 1. The Morgan fingerprint density at radius 2 is 1.31 bits per heavy atom. The van der Waals surface area contributed by atoms with Gasteiger partial charge in [0, 0.05) is 7.05 Å². The van der Waals surface area contributed by atoms with Crippen LogP contribution in [-0.2, 0) is 43.3 Å². The second-order valence-corrected chi connectivity index (χ2v) is 10.7. The molecule has 0 aliphatic heterocycles. The number of aliphatic hydroxyl groups excluding tert-OH is 2. The Morgan fingerprint density at radius 1 is 0.822 bits per heavy atom. The van der Waals surface area contributed by atoms with Crippen LogP contribution in [0.3, 0.4) is 0 Å². The number of ether oxygens (including phenoxy) is 2. The molecule has 0 heterocycles. The summed E-state index contributed by atoms with van der Waals surface area (Å²) >= 11 is 0. The molecular weight excluding hydrogens is 578 g/mol. The largest absolute Gasteiger partial charge is 0.445 e. The molecule has 5 N–H and O–H groups in total. The third kappa shape index (κ3) is 14.0. The van der Waals surface area contributed by atoms with Gasteiger partial charge in [-0.15, -0.1) is 0 Å². The monoisotopic (exact) mass is 623 g/mol. The minimum absolute atomic E-state index is 0.0433. The van der Waals surface area contributed by atoms with Gasteiger partial charge in [0.25, 0.3) is 0 Å². The fourth-order valence-electron chi connectivity index (χ4n) is 4.08. The maximum atomic E-state index is 12.8. The van der Waals surface area contributed by atoms with Crippen LogP contribution in [0.2, 0.25) is 0 Å². The fourth-order valence-corrected chi connectivity index (χ4v) is 4.08. The van der Waals surface area contributed by atoms with Crippen molar-refractivity contribution < 1.29 is 38.9 Å². The van der Waals surface area contributed by atoms with Crippen molar-refractivity contribution >= 4 is 17.8 Å². The van der Waals surface area contributed by atoms with Crippen LogP contribution >= 0.6 is 0 Å². The zero-order chi connectivity index (χ0) is 33.2. The molecule has 0 aliphatic carbocycles. The summed E-state index contributed by atoms with van der Waals surface area (Å²) in [5.74, 6) is -1.02. The number of hydrogen-bond donors (Lipinski definition) is 4. The average Bonchev–Trinajstić information content (AvgIpc) is 3.05. The minimum Gasteiger partial charge on any atom is -0.445 e. The Balaban J connectivity index is 0.000000394. The number of amides is 2. The van der Waals surface area contributed by atoms with Gasteiger partial charge in [-0.25, -0.2) is 4.79 Å². The molecular formula is C34H45N3O8. The number of carbonyl (C=O) groups excluding carboxylic acids is 3. The van der Waals surface area contributed by atoms with Gasteiger partial charge in [0.15, 0.2) is 18.2 Å². The SMILES string of the molecule is CC(C)COC(O)C(O)C(=O)[C@H](Cc1ccccc1)NC(=O)OCc1ccccc1.CON(C)[C@@H](Cc1ccccc1)C(N)=O. The maximum absolute atomic E-state index is 12.8. The fraction of sp³-hybridized carbons (Fsp3) is 0.382. The summed E-state index contributed by atoms with van der Waals surface area (Å²) in [6.45, 7) is 3.98. The van der Waals surface area contributed by atoms with Gasteiger partial charge in [-0.1, -0.05) is 105 Å². The van der Waals surface area contributed by atoms with Crippen LogP contribution < -0.4 is 11.1 Å². The number of primary amides is 1. The molecule has 45 heavy (non-hydrogen) atoms. The average molecular weight is 624 g/mol. The molecule has 4 atom stereocenters. The number of benzene rings is 3. The lowest BCUT2D eigenvalue weighted by Crippen LogP contribution is -2.50. The lowest BCUT2D eigenvalue weighted by molar-refractivity contribution is -0.177. The summed E-state index contributed by atoms with van der Waals surface area (Å²) in [6.07, 6.45) is -3.58. The number of rotatable bonds is 16. The molecule has 0 fully saturated rings. The van der Waals surface area contributed by atoms with Crippen LogP contribution in [0, 0.1) is 5.92 Å². The van der Waals surface area contributed by atoms with Gasteiger partial charge in [0.1, 0.15) is 12.6 Å². The van der Waals surface area contributed by atoms with E-state index >= 15 is 0 Å². The van der Waals surface area contributed by atoms with E-state index in [2.05, 4.69) is 5.32 Å². The lowest BCUT2D eigenvalue weighted by atomic mass is 9.99. The van der Waals surface area contributed by atoms with Crippen LogP contribution in [0.25, 0.3) is 0 Å². The number of ketones is 1. The van der Waals surface area contributed by atoms with Gasteiger partial charge in [-0.05, 0) is 35.4 Å². The number of nitrogens with one attached hydrogen (secondary N) is 1. The molecule has 3 aromatic carbocycles. The predicted molar refractivity (Wildman–Crippen MR) is 169 cm³/mol. The summed E-state index contributed by atoms with van der Waals surface area (Å²) in [6, 6.07) is 26.4. The Bertz CT molecular complexity index is 1280. The van der Waals surface area contributed by atoms with Crippen molar-refractivity contribution in [3.63, 3.8) is 0 Å². The normalized spacial score (nSPS) is 13.6. The van der Waals surface area contributed by atoms with E-state index in [-0.39, 0.29) is 31.5 Å². The number of Topliss-reactive ketones (excluding diaryl/α,β-unsaturated/α-hetero) is 1. The summed E-state index contributed by atoms with van der Waals surface area (Å²) < 4.78 is 10.3. The smallest absolute Gasteiger partial charge is 0.408 e. The first kappa shape index (κ1) is 37.1. The highest BCUT2D eigenvalue weighted by atomic mass is 16.7. The molecule has 0 aliphatic rings. The molecule has 0 bridgehead atoms. The minimum atomic E-state index is -1.80. The first-order chi connectivity index (χ1) is 21.5. The van der Waals surface area contributed by atoms with Gasteiger partial charge in [-0.3, -0.25) is 9.59 Å². The van der Waals surface area contributed by atoms with E-state index in [0.717, 1.165) is 16.7 Å². The van der Waals surface area contributed by atoms with Crippen molar-refractivity contribution in [1.29, 1.82) is 0 Å². The van der Waals surface area contributed by atoms with E-state index in [1.807, 2.05) is 92.7 Å². The van der Waals surface area contributed by atoms with Gasteiger partial charge in [0.05, 0.1) is 19.8 Å². The second-order valence-electron chi connectivity index (χ2n) is 10.7. The van der Waals surface area contributed by atoms with E-state index in [9.17, 15) is 24.6 Å². The molecule has 11 heteroatoms. The number of hydroxylamine groups is 2. The van der Waals surface area contributed by atoms with Gasteiger partial charge in [0.2, 0.25) is 5.91 Å². The van der Waals surface area contributed by atoms with Crippen molar-refractivity contribution in [2.75, 3.05) is 20.8 Å². The van der Waals surface area contributed by atoms with Crippen LogP contribution in [0.1, 0.15) is 30.5 Å². The van der Waals surface area contributed by atoms with Crippen molar-refractivity contribution in [3.8, 4) is 0 Å². The van der Waals surface area contributed by atoms with Gasteiger partial charge in [-0.2, -0.15) is 5.06 Å². The number of carbonyl (C=O) groups is 3. The number of alkyl carbamates (subject to hydrolysis) is 1. The predicted octanol–water partition coefficient (Wildman–Crippen LogP) is 3.02. The van der Waals surface area contributed by atoms with Crippen molar-refractivity contribution in [2.24, 2.45) is 11.7 Å². The number of aliphatic hydroxyl groups is 2. The zero-order valence-electron chi connectivity index (χ0n) is 26.2. The topological polar surface area (TPSA) is 161 Å². The highest BCUT2D eigenvalue weighted by Crippen LogP contribution is 2.11. The van der Waals surface area contributed by atoms with Crippen LogP contribution in [0.4, 0.5) is 4.79 Å². The van der Waals surface area contributed by atoms with Crippen molar-refractivity contribution in [1.82, 2.24) is 10.4 Å². The maximum Gasteiger partial charge on any atom is 0.408 e. The highest BCUT2D eigenvalue weighted by molar-refractivity contribution is 5.91. The Morgan fingerprint density at radius 3 is 1.78 bits per heavy atom. The summed E-state index contributed by atoms with van der Waals surface area (Å²) in [4.78, 5) is 41.2. The third-order valence-electron chi connectivity index (χ3n) is 6.62. The van der Waals surface area contributed by atoms with Crippen LogP contribution in [0.5, 0.6) is 0 Å². The molecule has 0 saturated carbocycles. The third-order valence-corrected chi connectivity index (χ3v) is 6.62. The standard InChI is InChI=1S/C23H29NO6.C11H16N2O2/c1-16(2)14-29-22(27)21(26)20(25)19(13-17-9-5-3-6-10-17)24-23(28)30-15-18-11-7-4-8-12-18;1-13(15-2)10(11(12)14)8-9-6-4-3-5-7-9/h3-12,16,19,21-22,26-27H,13-15H2,1-2H3,(H,24,28);3-7,10H,8H2,1-2H3,(H2,12,14)/t19-,21?,22?;10-/m00/s1. The number of likely N-dealkylation sites (N-methyl/N-ethyl adjacent to an activating group) is 1. The quantitative estimate of drug-likeness (QED) is 0.139. The molecule has 0 radical (unpaired) electrons. The van der Waals surface area contributed by atoms with Crippen LogP contribution in [-0.4, -0.2) is 78.3 Å². The summed E-state index contributed by atoms with van der Waals surface area (Å²) in [5, 5.41) is 24.2. The van der Waals surface area contributed by atoms with Crippen LogP contribution in [0.15, 0.2) is 91.0 Å². The molecule has 3 rings (SSSR count). The molecule has 0 spiro atoms. The molecule has 3 aromatic rings. The molecule has 0 aromatic heterocycles. The molecule has 0 saturated heterocycles. The zero-order valence-corrected chi connectivity index (χ0v) is 26.2. The molecule has 2 unspecified atom stereocenters. The Labute approximate surface area is 264 Å². The Hall–Kier alpha value is -4.13. The molecule has 2 amide bonds. The summed E-state index contributed by atoms with van der Waals surface area (Å²) in [7, 11) is 3.21. The molecule has 11 nitrogen and oxygen atoms in total. The van der Waals surface area contributed by atoms with E-state index < -0.39 is 36.4 Å². The number of hydrogen-bond acceptors (Lipinski definition) is 9. The lowest BCUT2D eigenvalue weighted by Gasteiger charge is -2.24. The van der Waals surface area contributed by atoms with E-state index in [1.165, 1.54) is 12.2 Å². The number of nitrogens with two attached hydrogens (primary N) is 1. The first-order valence-corrected chi connectivity index (χ1v) is 14.6. The van der Waals surface area contributed by atoms with E-state index in [4.69, 9.17) is 20.0 Å². The second kappa shape index (κ2) is 20.0. The highest BCUT2D eigenvalue weighted by Gasteiger charge is 2.33. The van der Waals surface area contributed by atoms with Crippen molar-refractivity contribution in [3.05, 3.63) is 108 Å². The first-order valence-electron chi connectivity index (χ1n) is 14.6. The van der Waals surface area contributed by atoms with Gasteiger partial charge < -0.3 is 35.6 Å². The van der Waals surface area contributed by atoms with Gasteiger partial charge >= 0.3 is 6.09 Å². The van der Waals surface area contributed by atoms with Crippen molar-refractivity contribution in [2.45, 2.75) is 57.8 Å². The summed E-state index contributed by atoms with van der Waals surface area (Å²) in [5.41, 5.74) is 7.94.